The summed E-state index contributed by atoms with van der Waals surface area (Å²) in [5.41, 5.74) is 5.60. The standard InChI is InChI=1S/C7H13N5O/c1-2-13-5-3-7(8,4-5)6-9-11-12-10-6/h5H,2-4,8H2,1H3,(H,9,10,11,12). The molecule has 0 saturated heterocycles. The van der Waals surface area contributed by atoms with Crippen LogP contribution < -0.4 is 5.73 Å². The molecular formula is C7H13N5O. The molecule has 1 saturated carbocycles. The van der Waals surface area contributed by atoms with Crippen LogP contribution in [-0.2, 0) is 10.3 Å². The molecule has 1 heterocycles. The number of H-pyrrole nitrogens is 1. The van der Waals surface area contributed by atoms with Crippen LogP contribution in [0.1, 0.15) is 25.6 Å². The molecule has 0 spiro atoms. The Morgan fingerprint density at radius 1 is 1.69 bits per heavy atom. The molecule has 6 heteroatoms. The molecule has 1 aromatic rings. The van der Waals surface area contributed by atoms with Gasteiger partial charge in [0.25, 0.3) is 0 Å². The van der Waals surface area contributed by atoms with Crippen molar-refractivity contribution in [3.8, 4) is 0 Å². The summed E-state index contributed by atoms with van der Waals surface area (Å²) >= 11 is 0. The van der Waals surface area contributed by atoms with Crippen molar-refractivity contribution in [2.45, 2.75) is 31.4 Å². The predicted octanol–water partition coefficient (Wildman–Crippen LogP) is -0.447. The number of hydrogen-bond donors (Lipinski definition) is 2. The molecule has 0 atom stereocenters. The van der Waals surface area contributed by atoms with Crippen molar-refractivity contribution in [3.63, 3.8) is 0 Å². The zero-order valence-electron chi connectivity index (χ0n) is 7.53. The number of nitrogens with two attached hydrogens (primary N) is 1. The normalized spacial score (nSPS) is 32.9. The molecule has 72 valence electrons. The van der Waals surface area contributed by atoms with Gasteiger partial charge in [0.15, 0.2) is 5.82 Å². The number of nitrogens with one attached hydrogen (secondary N) is 1. The summed E-state index contributed by atoms with van der Waals surface area (Å²) in [5, 5.41) is 13.6. The van der Waals surface area contributed by atoms with Gasteiger partial charge in [0, 0.05) is 6.61 Å². The van der Waals surface area contributed by atoms with Crippen LogP contribution in [0.4, 0.5) is 0 Å². The fraction of sp³-hybridized carbons (Fsp3) is 0.857. The van der Waals surface area contributed by atoms with E-state index in [9.17, 15) is 0 Å². The molecule has 13 heavy (non-hydrogen) atoms. The topological polar surface area (TPSA) is 89.7 Å². The van der Waals surface area contributed by atoms with Gasteiger partial charge in [0.2, 0.25) is 0 Å². The first-order valence-electron chi connectivity index (χ1n) is 4.39. The van der Waals surface area contributed by atoms with Crippen molar-refractivity contribution < 1.29 is 4.74 Å². The van der Waals surface area contributed by atoms with Crippen molar-refractivity contribution in [2.75, 3.05) is 6.61 Å². The summed E-state index contributed by atoms with van der Waals surface area (Å²) in [6, 6.07) is 0. The van der Waals surface area contributed by atoms with Gasteiger partial charge in [-0.15, -0.1) is 10.2 Å². The van der Waals surface area contributed by atoms with Gasteiger partial charge in [-0.3, -0.25) is 0 Å². The van der Waals surface area contributed by atoms with Crippen molar-refractivity contribution in [2.24, 2.45) is 5.73 Å². The van der Waals surface area contributed by atoms with Gasteiger partial charge < -0.3 is 10.5 Å². The van der Waals surface area contributed by atoms with E-state index in [2.05, 4.69) is 20.6 Å². The Morgan fingerprint density at radius 2 is 2.46 bits per heavy atom. The number of rotatable bonds is 3. The Balaban J connectivity index is 1.96. The Bertz CT molecular complexity index is 266. The average molecular weight is 183 g/mol. The zero-order chi connectivity index (χ0) is 9.31. The first-order chi connectivity index (χ1) is 6.24. The lowest BCUT2D eigenvalue weighted by Gasteiger charge is -2.41. The van der Waals surface area contributed by atoms with E-state index in [-0.39, 0.29) is 6.10 Å². The van der Waals surface area contributed by atoms with Gasteiger partial charge in [-0.2, -0.15) is 5.21 Å². The smallest absolute Gasteiger partial charge is 0.194 e. The third-order valence-electron chi connectivity index (χ3n) is 2.38. The average Bonchev–Trinajstić information content (AvgIpc) is 2.53. The van der Waals surface area contributed by atoms with E-state index in [4.69, 9.17) is 10.5 Å². The Labute approximate surface area is 75.8 Å². The van der Waals surface area contributed by atoms with Crippen LogP contribution in [0.15, 0.2) is 0 Å². The van der Waals surface area contributed by atoms with Crippen LogP contribution in [0.5, 0.6) is 0 Å². The number of tetrazole rings is 1. The van der Waals surface area contributed by atoms with E-state index < -0.39 is 5.54 Å². The molecule has 6 nitrogen and oxygen atoms in total. The van der Waals surface area contributed by atoms with E-state index in [1.54, 1.807) is 0 Å². The molecule has 1 aromatic heterocycles. The summed E-state index contributed by atoms with van der Waals surface area (Å²) in [7, 11) is 0. The molecule has 3 N–H and O–H groups in total. The van der Waals surface area contributed by atoms with E-state index in [0.717, 1.165) is 19.4 Å². The lowest BCUT2D eigenvalue weighted by atomic mass is 9.74. The summed E-state index contributed by atoms with van der Waals surface area (Å²) in [6.45, 7) is 2.71. The fourth-order valence-electron chi connectivity index (χ4n) is 1.66. The van der Waals surface area contributed by atoms with Gasteiger partial charge in [0.1, 0.15) is 0 Å². The molecule has 1 aliphatic carbocycles. The highest BCUT2D eigenvalue weighted by molar-refractivity contribution is 5.10. The second kappa shape index (κ2) is 3.04. The van der Waals surface area contributed by atoms with Crippen LogP contribution in [0, 0.1) is 0 Å². The van der Waals surface area contributed by atoms with Gasteiger partial charge in [-0.25, -0.2) is 0 Å². The molecule has 1 aliphatic rings. The van der Waals surface area contributed by atoms with Crippen molar-refractivity contribution >= 4 is 0 Å². The van der Waals surface area contributed by atoms with Crippen molar-refractivity contribution in [1.29, 1.82) is 0 Å². The monoisotopic (exact) mass is 183 g/mol. The lowest BCUT2D eigenvalue weighted by Crippen LogP contribution is -2.53. The van der Waals surface area contributed by atoms with E-state index in [1.165, 1.54) is 0 Å². The van der Waals surface area contributed by atoms with Crippen LogP contribution >= 0.6 is 0 Å². The second-order valence-electron chi connectivity index (χ2n) is 3.38. The third-order valence-corrected chi connectivity index (χ3v) is 2.38. The van der Waals surface area contributed by atoms with Crippen LogP contribution in [0.2, 0.25) is 0 Å². The molecular weight excluding hydrogens is 170 g/mol. The summed E-state index contributed by atoms with van der Waals surface area (Å²) < 4.78 is 5.41. The van der Waals surface area contributed by atoms with Crippen molar-refractivity contribution in [3.05, 3.63) is 5.82 Å². The maximum Gasteiger partial charge on any atom is 0.194 e. The number of aromatic nitrogens is 4. The van der Waals surface area contributed by atoms with Crippen LogP contribution in [-0.4, -0.2) is 33.3 Å². The Kier molecular flexibility index (Phi) is 2.01. The SMILES string of the molecule is CCOC1CC(N)(c2nn[nH]n2)C1. The Morgan fingerprint density at radius 3 is 3.00 bits per heavy atom. The number of ether oxygens (including phenoxy) is 1. The summed E-state index contributed by atoms with van der Waals surface area (Å²) in [4.78, 5) is 0. The van der Waals surface area contributed by atoms with Gasteiger partial charge in [-0.1, -0.05) is 5.21 Å². The molecule has 1 fully saturated rings. The van der Waals surface area contributed by atoms with E-state index in [0.29, 0.717) is 5.82 Å². The fourth-order valence-corrected chi connectivity index (χ4v) is 1.66. The third kappa shape index (κ3) is 1.42. The quantitative estimate of drug-likeness (QED) is 0.662. The second-order valence-corrected chi connectivity index (χ2v) is 3.38. The highest BCUT2D eigenvalue weighted by atomic mass is 16.5. The molecule has 0 aromatic carbocycles. The minimum absolute atomic E-state index is 0.258. The zero-order valence-corrected chi connectivity index (χ0v) is 7.53. The summed E-state index contributed by atoms with van der Waals surface area (Å²) in [6.07, 6.45) is 1.81. The largest absolute Gasteiger partial charge is 0.378 e. The molecule has 0 aliphatic heterocycles. The highest BCUT2D eigenvalue weighted by Gasteiger charge is 2.46. The Hall–Kier alpha value is -1.01. The van der Waals surface area contributed by atoms with Gasteiger partial charge in [-0.05, 0) is 19.8 Å². The number of aromatic amines is 1. The van der Waals surface area contributed by atoms with Gasteiger partial charge >= 0.3 is 0 Å². The van der Waals surface area contributed by atoms with E-state index in [1.807, 2.05) is 6.92 Å². The summed E-state index contributed by atoms with van der Waals surface area (Å²) in [5.74, 6) is 0.587. The van der Waals surface area contributed by atoms with Crippen LogP contribution in [0.3, 0.4) is 0 Å². The predicted molar refractivity (Wildman–Crippen MR) is 44.7 cm³/mol. The minimum atomic E-state index is -0.424. The molecule has 0 amide bonds. The maximum atomic E-state index is 6.02. The molecule has 0 radical (unpaired) electrons. The van der Waals surface area contributed by atoms with Crippen LogP contribution in [0.25, 0.3) is 0 Å². The first-order valence-corrected chi connectivity index (χ1v) is 4.39. The van der Waals surface area contributed by atoms with Gasteiger partial charge in [0.05, 0.1) is 11.6 Å². The maximum absolute atomic E-state index is 6.02. The van der Waals surface area contributed by atoms with E-state index >= 15 is 0 Å². The lowest BCUT2D eigenvalue weighted by molar-refractivity contribution is -0.0420. The number of nitrogens with zero attached hydrogens (tertiary/aromatic N) is 3. The minimum Gasteiger partial charge on any atom is -0.378 e. The first kappa shape index (κ1) is 8.58. The molecule has 0 bridgehead atoms. The number of hydrogen-bond acceptors (Lipinski definition) is 5. The molecule has 2 rings (SSSR count). The van der Waals surface area contributed by atoms with Crippen molar-refractivity contribution in [1.82, 2.24) is 20.6 Å². The highest BCUT2D eigenvalue weighted by Crippen LogP contribution is 2.38. The molecule has 0 unspecified atom stereocenters.